The minimum atomic E-state index is 0. The van der Waals surface area contributed by atoms with Crippen LogP contribution in [0.5, 0.6) is 0 Å². The molecule has 0 aliphatic heterocycles. The fraction of sp³-hybridized carbons (Fsp3) is 0.318. The van der Waals surface area contributed by atoms with E-state index in [-0.39, 0.29) is 24.8 Å². The fourth-order valence-corrected chi connectivity index (χ4v) is 4.55. The molecule has 1 fully saturated rings. The van der Waals surface area contributed by atoms with Gasteiger partial charge in [-0.15, -0.1) is 24.8 Å². The van der Waals surface area contributed by atoms with Gasteiger partial charge in [-0.1, -0.05) is 40.9 Å². The van der Waals surface area contributed by atoms with Crippen molar-refractivity contribution in [1.82, 2.24) is 10.3 Å². The van der Waals surface area contributed by atoms with Gasteiger partial charge in [-0.3, -0.25) is 4.98 Å². The highest BCUT2D eigenvalue weighted by Gasteiger charge is 2.21. The van der Waals surface area contributed by atoms with Crippen molar-refractivity contribution in [3.8, 4) is 0 Å². The average Bonchev–Trinajstić information content (AvgIpc) is 2.69. The molecule has 3 aromatic rings. The van der Waals surface area contributed by atoms with E-state index in [4.69, 9.17) is 34.8 Å². The van der Waals surface area contributed by atoms with Crippen molar-refractivity contribution < 1.29 is 0 Å². The van der Waals surface area contributed by atoms with Gasteiger partial charge in [0.15, 0.2) is 0 Å². The summed E-state index contributed by atoms with van der Waals surface area (Å²) < 4.78 is 0. The predicted octanol–water partition coefficient (Wildman–Crippen LogP) is 7.55. The molecular weight excluding hydrogens is 484 g/mol. The topological polar surface area (TPSA) is 37.0 Å². The summed E-state index contributed by atoms with van der Waals surface area (Å²) >= 11 is 18.6. The molecule has 0 saturated heterocycles. The number of benzene rings is 2. The number of halogens is 5. The lowest BCUT2D eigenvalue weighted by Gasteiger charge is -2.31. The molecule has 1 aliphatic rings. The normalized spacial score (nSPS) is 18.4. The van der Waals surface area contributed by atoms with Crippen molar-refractivity contribution in [3.63, 3.8) is 0 Å². The molecule has 0 spiro atoms. The molecule has 2 aromatic carbocycles. The summed E-state index contributed by atoms with van der Waals surface area (Å²) in [6.45, 7) is 0.705. The molecule has 1 aromatic heterocycles. The van der Waals surface area contributed by atoms with Crippen LogP contribution < -0.4 is 10.6 Å². The Balaban J connectivity index is 0.00000160. The maximum absolute atomic E-state index is 6.27. The summed E-state index contributed by atoms with van der Waals surface area (Å²) in [5, 5.41) is 10.6. The molecule has 8 heteroatoms. The minimum absolute atomic E-state index is 0. The zero-order valence-corrected chi connectivity index (χ0v) is 20.1. The standard InChI is InChI=1S/C22H22Cl3N3.2ClH/c23-14-4-9-17-21(10-11-26-22(17)12-14)28-16-7-5-15(6-8-16)27-13-18-19(24)2-1-3-20(18)25;;/h1-4,9-12,15-16,27H,5-8,13H2,(H,26,28);2*1H/t15-,16+;;. The average molecular weight is 508 g/mol. The lowest BCUT2D eigenvalue weighted by Crippen LogP contribution is -2.36. The largest absolute Gasteiger partial charge is 0.382 e. The Kier molecular flexibility index (Phi) is 9.80. The molecule has 0 atom stereocenters. The second kappa shape index (κ2) is 11.6. The number of hydrogen-bond donors (Lipinski definition) is 2. The first-order valence-electron chi connectivity index (χ1n) is 9.57. The van der Waals surface area contributed by atoms with Gasteiger partial charge < -0.3 is 10.6 Å². The van der Waals surface area contributed by atoms with E-state index in [1.165, 1.54) is 0 Å². The summed E-state index contributed by atoms with van der Waals surface area (Å²) in [5.74, 6) is 0. The number of rotatable bonds is 5. The minimum Gasteiger partial charge on any atom is -0.382 e. The van der Waals surface area contributed by atoms with Gasteiger partial charge in [-0.25, -0.2) is 0 Å². The number of anilines is 1. The first kappa shape index (κ1) is 25.3. The van der Waals surface area contributed by atoms with Crippen molar-refractivity contribution in [2.75, 3.05) is 5.32 Å². The van der Waals surface area contributed by atoms with Gasteiger partial charge in [-0.05, 0) is 62.1 Å². The molecule has 1 aliphatic carbocycles. The second-order valence-electron chi connectivity index (χ2n) is 7.29. The molecule has 0 unspecified atom stereocenters. The molecule has 3 nitrogen and oxygen atoms in total. The molecule has 0 amide bonds. The fourth-order valence-electron chi connectivity index (χ4n) is 3.86. The van der Waals surface area contributed by atoms with Crippen LogP contribution in [0.4, 0.5) is 5.69 Å². The zero-order valence-electron chi connectivity index (χ0n) is 16.2. The third-order valence-electron chi connectivity index (χ3n) is 5.42. The number of hydrogen-bond acceptors (Lipinski definition) is 3. The Hall–Kier alpha value is -0.940. The van der Waals surface area contributed by atoms with E-state index >= 15 is 0 Å². The van der Waals surface area contributed by atoms with Crippen LogP contribution in [0.15, 0.2) is 48.7 Å². The predicted molar refractivity (Wildman–Crippen MR) is 134 cm³/mol. The van der Waals surface area contributed by atoms with Crippen LogP contribution in [0.25, 0.3) is 10.9 Å². The molecule has 4 rings (SSSR count). The number of nitrogens with zero attached hydrogens (tertiary/aromatic N) is 1. The van der Waals surface area contributed by atoms with Crippen molar-refractivity contribution in [3.05, 3.63) is 69.3 Å². The third-order valence-corrected chi connectivity index (χ3v) is 6.36. The smallest absolute Gasteiger partial charge is 0.0737 e. The van der Waals surface area contributed by atoms with E-state index in [1.807, 2.05) is 48.7 Å². The van der Waals surface area contributed by atoms with Gasteiger partial charge >= 0.3 is 0 Å². The lowest BCUT2D eigenvalue weighted by atomic mass is 9.90. The monoisotopic (exact) mass is 505 g/mol. The van der Waals surface area contributed by atoms with E-state index in [0.717, 1.165) is 57.9 Å². The number of nitrogens with one attached hydrogen (secondary N) is 2. The van der Waals surface area contributed by atoms with E-state index in [2.05, 4.69) is 15.6 Å². The van der Waals surface area contributed by atoms with Gasteiger partial charge in [0, 0.05) is 56.5 Å². The molecular formula is C22H24Cl5N3. The quantitative estimate of drug-likeness (QED) is 0.374. The van der Waals surface area contributed by atoms with E-state index in [9.17, 15) is 0 Å². The Morgan fingerprint density at radius 3 is 2.23 bits per heavy atom. The molecule has 2 N–H and O–H groups in total. The summed E-state index contributed by atoms with van der Waals surface area (Å²) in [7, 11) is 0. The summed E-state index contributed by atoms with van der Waals surface area (Å²) in [6, 6.07) is 14.5. The van der Waals surface area contributed by atoms with E-state index in [1.54, 1.807) is 0 Å². The van der Waals surface area contributed by atoms with Crippen LogP contribution in [0.1, 0.15) is 31.2 Å². The van der Waals surface area contributed by atoms with Crippen LogP contribution >= 0.6 is 59.6 Å². The molecule has 0 bridgehead atoms. The van der Waals surface area contributed by atoms with Crippen LogP contribution in [-0.4, -0.2) is 17.1 Å². The Morgan fingerprint density at radius 1 is 0.867 bits per heavy atom. The van der Waals surface area contributed by atoms with E-state index in [0.29, 0.717) is 23.7 Å². The van der Waals surface area contributed by atoms with Crippen molar-refractivity contribution in [2.24, 2.45) is 0 Å². The summed E-state index contributed by atoms with van der Waals surface area (Å²) in [4.78, 5) is 4.42. The Bertz CT molecular complexity index is 954. The highest BCUT2D eigenvalue weighted by molar-refractivity contribution is 6.36. The maximum atomic E-state index is 6.27. The van der Waals surface area contributed by atoms with Gasteiger partial charge in [0.05, 0.1) is 5.52 Å². The third kappa shape index (κ3) is 6.06. The molecule has 1 heterocycles. The van der Waals surface area contributed by atoms with Gasteiger partial charge in [0.25, 0.3) is 0 Å². The molecule has 162 valence electrons. The van der Waals surface area contributed by atoms with Crippen LogP contribution in [-0.2, 0) is 6.54 Å². The van der Waals surface area contributed by atoms with Gasteiger partial charge in [0.1, 0.15) is 0 Å². The van der Waals surface area contributed by atoms with Crippen LogP contribution in [0, 0.1) is 0 Å². The van der Waals surface area contributed by atoms with Crippen molar-refractivity contribution in [2.45, 2.75) is 44.3 Å². The highest BCUT2D eigenvalue weighted by Crippen LogP contribution is 2.29. The zero-order chi connectivity index (χ0) is 19.5. The molecule has 30 heavy (non-hydrogen) atoms. The van der Waals surface area contributed by atoms with E-state index < -0.39 is 0 Å². The Labute approximate surface area is 204 Å². The first-order valence-corrected chi connectivity index (χ1v) is 10.7. The number of pyridine rings is 1. The number of aromatic nitrogens is 1. The van der Waals surface area contributed by atoms with Crippen molar-refractivity contribution in [1.29, 1.82) is 0 Å². The lowest BCUT2D eigenvalue weighted by molar-refractivity contribution is 0.353. The molecule has 0 radical (unpaired) electrons. The number of fused-ring (bicyclic) bond motifs is 1. The van der Waals surface area contributed by atoms with Crippen LogP contribution in [0.3, 0.4) is 0 Å². The first-order chi connectivity index (χ1) is 13.6. The summed E-state index contributed by atoms with van der Waals surface area (Å²) in [6.07, 6.45) is 6.31. The van der Waals surface area contributed by atoms with Crippen LogP contribution in [0.2, 0.25) is 15.1 Å². The molecule has 1 saturated carbocycles. The second-order valence-corrected chi connectivity index (χ2v) is 8.54. The SMILES string of the molecule is Cl.Cl.Clc1ccc2c(N[C@H]3CC[C@@H](NCc4c(Cl)cccc4Cl)CC3)ccnc2c1. The summed E-state index contributed by atoms with van der Waals surface area (Å²) in [5.41, 5.74) is 3.03. The van der Waals surface area contributed by atoms with Gasteiger partial charge in [-0.2, -0.15) is 0 Å². The van der Waals surface area contributed by atoms with Crippen molar-refractivity contribution >= 4 is 76.2 Å². The maximum Gasteiger partial charge on any atom is 0.0737 e. The van der Waals surface area contributed by atoms with Gasteiger partial charge in [0.2, 0.25) is 0 Å². The highest BCUT2D eigenvalue weighted by atomic mass is 35.5. The Morgan fingerprint density at radius 2 is 1.53 bits per heavy atom.